The Morgan fingerprint density at radius 1 is 0.678 bits per heavy atom. The van der Waals surface area contributed by atoms with Gasteiger partial charge < -0.3 is 14.0 Å². The summed E-state index contributed by atoms with van der Waals surface area (Å²) < 4.78 is 16.3. The molecular weight excluding hydrogens is 725 g/mol. The number of carbonyl (C=O) groups is 1. The molecule has 0 saturated heterocycles. The minimum absolute atomic E-state index is 0.149. The number of aryl methyl sites for hydroxylation is 2. The van der Waals surface area contributed by atoms with Crippen molar-refractivity contribution in [3.05, 3.63) is 221 Å². The van der Waals surface area contributed by atoms with E-state index in [0.29, 0.717) is 6.54 Å². The second-order valence-electron chi connectivity index (χ2n) is 16.1. The van der Waals surface area contributed by atoms with Crippen LogP contribution < -0.4 is 0 Å². The lowest BCUT2D eigenvalue weighted by molar-refractivity contribution is -0.158. The molecule has 0 amide bonds. The van der Waals surface area contributed by atoms with Crippen LogP contribution in [0.1, 0.15) is 82.3 Å². The number of ether oxygens (including phenoxy) is 2. The smallest absolute Gasteiger partial charge is 0.314 e. The van der Waals surface area contributed by atoms with E-state index in [1.54, 1.807) is 0 Å². The monoisotopic (exact) mass is 774 g/mol. The lowest BCUT2D eigenvalue weighted by atomic mass is 9.80. The van der Waals surface area contributed by atoms with E-state index in [9.17, 15) is 4.79 Å². The van der Waals surface area contributed by atoms with Crippen LogP contribution in [-0.2, 0) is 26.4 Å². The van der Waals surface area contributed by atoms with Gasteiger partial charge in [-0.2, -0.15) is 0 Å². The highest BCUT2D eigenvalue weighted by Gasteiger charge is 2.40. The van der Waals surface area contributed by atoms with Crippen LogP contribution in [0.25, 0.3) is 21.9 Å². The molecule has 59 heavy (non-hydrogen) atoms. The maximum absolute atomic E-state index is 14.9. The van der Waals surface area contributed by atoms with Gasteiger partial charge in [-0.25, -0.2) is 4.98 Å². The van der Waals surface area contributed by atoms with Crippen LogP contribution in [0, 0.1) is 19.8 Å². The third-order valence-electron chi connectivity index (χ3n) is 12.3. The molecular formula is C54H50N2O3. The first-order valence-electron chi connectivity index (χ1n) is 21.0. The van der Waals surface area contributed by atoms with Crippen molar-refractivity contribution in [2.24, 2.45) is 5.92 Å². The van der Waals surface area contributed by atoms with Gasteiger partial charge in [-0.15, -0.1) is 0 Å². The molecule has 1 aliphatic rings. The van der Waals surface area contributed by atoms with Crippen molar-refractivity contribution in [1.29, 1.82) is 0 Å². The molecule has 0 aliphatic heterocycles. The first-order valence-corrected chi connectivity index (χ1v) is 21.0. The van der Waals surface area contributed by atoms with Gasteiger partial charge in [-0.05, 0) is 83.7 Å². The summed E-state index contributed by atoms with van der Waals surface area (Å²) in [5, 5.41) is 2.43. The molecule has 294 valence electrons. The Morgan fingerprint density at radius 2 is 1.22 bits per heavy atom. The molecule has 1 fully saturated rings. The number of para-hydroxylation sites is 1. The van der Waals surface area contributed by atoms with Crippen molar-refractivity contribution < 1.29 is 14.3 Å². The number of nitrogens with zero attached hydrogens (tertiary/aromatic N) is 2. The second kappa shape index (κ2) is 16.9. The average Bonchev–Trinajstić information content (AvgIpc) is 3.92. The Hall–Kier alpha value is -6.30. The van der Waals surface area contributed by atoms with Crippen LogP contribution in [0.2, 0.25) is 0 Å². The molecule has 2 heterocycles. The third kappa shape index (κ3) is 7.59. The molecule has 2 unspecified atom stereocenters. The Kier molecular flexibility index (Phi) is 10.9. The molecule has 1 saturated carbocycles. The summed E-state index contributed by atoms with van der Waals surface area (Å²) >= 11 is 0. The molecule has 9 rings (SSSR count). The van der Waals surface area contributed by atoms with Gasteiger partial charge in [0.05, 0.1) is 18.0 Å². The molecule has 2 atom stereocenters. The maximum Gasteiger partial charge on any atom is 0.314 e. The zero-order chi connectivity index (χ0) is 40.2. The fourth-order valence-electron chi connectivity index (χ4n) is 9.49. The summed E-state index contributed by atoms with van der Waals surface area (Å²) in [5.74, 6) is -0.389. The number of fused-ring (bicyclic) bond motifs is 3. The van der Waals surface area contributed by atoms with Crippen LogP contribution in [0.4, 0.5) is 0 Å². The van der Waals surface area contributed by atoms with Crippen molar-refractivity contribution in [2.45, 2.75) is 63.7 Å². The minimum atomic E-state index is -0.951. The largest absolute Gasteiger partial charge is 0.455 e. The van der Waals surface area contributed by atoms with E-state index in [2.05, 4.69) is 109 Å². The van der Waals surface area contributed by atoms with Gasteiger partial charge in [-0.1, -0.05) is 177 Å². The van der Waals surface area contributed by atoms with E-state index in [1.807, 2.05) is 84.9 Å². The fraction of sp³-hybridized carbons (Fsp3) is 0.222. The fourth-order valence-corrected chi connectivity index (χ4v) is 9.49. The van der Waals surface area contributed by atoms with E-state index in [4.69, 9.17) is 14.5 Å². The second-order valence-corrected chi connectivity index (χ2v) is 16.1. The first kappa shape index (κ1) is 38.2. The van der Waals surface area contributed by atoms with Crippen molar-refractivity contribution in [3.8, 4) is 0 Å². The number of rotatable bonds is 13. The molecule has 5 heteroatoms. The Bertz CT molecular complexity index is 2550. The van der Waals surface area contributed by atoms with Gasteiger partial charge in [0, 0.05) is 23.0 Å². The highest BCUT2D eigenvalue weighted by molar-refractivity contribution is 6.08. The highest BCUT2D eigenvalue weighted by atomic mass is 16.6. The van der Waals surface area contributed by atoms with Crippen LogP contribution >= 0.6 is 0 Å². The number of aromatic nitrogens is 2. The molecule has 0 radical (unpaired) electrons. The van der Waals surface area contributed by atoms with Crippen molar-refractivity contribution in [1.82, 2.24) is 9.55 Å². The lowest BCUT2D eigenvalue weighted by Gasteiger charge is -2.37. The first-order chi connectivity index (χ1) is 29.0. The number of hydrogen-bond donors (Lipinski definition) is 0. The van der Waals surface area contributed by atoms with Crippen LogP contribution in [0.15, 0.2) is 176 Å². The number of pyridine rings is 1. The van der Waals surface area contributed by atoms with Gasteiger partial charge in [0.15, 0.2) is 6.10 Å². The topological polar surface area (TPSA) is 53.4 Å². The summed E-state index contributed by atoms with van der Waals surface area (Å²) in [6.45, 7) is 5.06. The van der Waals surface area contributed by atoms with Crippen LogP contribution in [0.3, 0.4) is 0 Å². The summed E-state index contributed by atoms with van der Waals surface area (Å²) in [5.41, 5.74) is 9.53. The molecule has 0 N–H and O–H groups in total. The van der Waals surface area contributed by atoms with E-state index < -0.39 is 11.7 Å². The number of hydrogen-bond acceptors (Lipinski definition) is 4. The predicted octanol–water partition coefficient (Wildman–Crippen LogP) is 12.4. The van der Waals surface area contributed by atoms with Crippen molar-refractivity contribution >= 4 is 27.9 Å². The maximum atomic E-state index is 14.9. The van der Waals surface area contributed by atoms with Crippen LogP contribution in [-0.4, -0.2) is 22.1 Å². The van der Waals surface area contributed by atoms with Crippen molar-refractivity contribution in [3.63, 3.8) is 0 Å². The molecule has 2 aromatic heterocycles. The SMILES string of the molecule is Cc1cc(C)c2c3ccccc3n(Cc3ccc(C(C(=O)OC(COC(c4ccccc4)(c4ccccc4)c4ccccc4)c4ccccc4)C4CCCC4)cc3)c2n1. The zero-order valence-corrected chi connectivity index (χ0v) is 33.8. The van der Waals surface area contributed by atoms with E-state index in [-0.39, 0.29) is 24.4 Å². The lowest BCUT2D eigenvalue weighted by Crippen LogP contribution is -2.35. The molecule has 6 aromatic carbocycles. The van der Waals surface area contributed by atoms with Crippen LogP contribution in [0.5, 0.6) is 0 Å². The van der Waals surface area contributed by atoms with Gasteiger partial charge in [0.2, 0.25) is 0 Å². The van der Waals surface area contributed by atoms with Crippen molar-refractivity contribution in [2.75, 3.05) is 6.61 Å². The average molecular weight is 775 g/mol. The molecule has 0 bridgehead atoms. The summed E-state index contributed by atoms with van der Waals surface area (Å²) in [6.07, 6.45) is 3.59. The molecule has 0 spiro atoms. The minimum Gasteiger partial charge on any atom is -0.455 e. The third-order valence-corrected chi connectivity index (χ3v) is 12.3. The van der Waals surface area contributed by atoms with Gasteiger partial charge in [0.1, 0.15) is 11.2 Å². The van der Waals surface area contributed by atoms with E-state index in [1.165, 1.54) is 21.9 Å². The highest BCUT2D eigenvalue weighted by Crippen LogP contribution is 2.43. The Balaban J connectivity index is 1.04. The summed E-state index contributed by atoms with van der Waals surface area (Å²) in [4.78, 5) is 19.9. The number of esters is 1. The number of carbonyl (C=O) groups excluding carboxylic acids is 1. The standard InChI is InChI=1S/C54H50N2O3/c1-38-35-39(2)55-52-50(38)47-29-17-18-30-48(47)56(52)36-40-31-33-43(34-32-40)51(42-21-15-16-22-42)53(57)59-49(41-19-7-3-8-20-41)37-58-54(44-23-9-4-10-24-44,45-25-11-5-12-26-45)46-27-13-6-14-28-46/h3-14,17-20,23-35,42,49,51H,15-16,21-22,36-37H2,1-2H3. The molecule has 1 aliphatic carbocycles. The van der Waals surface area contributed by atoms with E-state index >= 15 is 0 Å². The predicted molar refractivity (Wildman–Crippen MR) is 237 cm³/mol. The van der Waals surface area contributed by atoms with E-state index in [0.717, 1.165) is 70.4 Å². The van der Waals surface area contributed by atoms with Gasteiger partial charge >= 0.3 is 5.97 Å². The Labute approximate surface area is 347 Å². The summed E-state index contributed by atoms with van der Waals surface area (Å²) in [7, 11) is 0. The quantitative estimate of drug-likeness (QED) is 0.0865. The van der Waals surface area contributed by atoms with Gasteiger partial charge in [-0.3, -0.25) is 4.79 Å². The normalized spacial score (nSPS) is 14.4. The molecule has 5 nitrogen and oxygen atoms in total. The number of benzene rings is 6. The molecule has 8 aromatic rings. The zero-order valence-electron chi connectivity index (χ0n) is 33.8. The van der Waals surface area contributed by atoms with Gasteiger partial charge in [0.25, 0.3) is 0 Å². The summed E-state index contributed by atoms with van der Waals surface area (Å²) in [6, 6.07) is 60.5. The Morgan fingerprint density at radius 3 is 1.81 bits per heavy atom.